The number of methoxy groups -OCH3 is 1. The lowest BCUT2D eigenvalue weighted by molar-refractivity contribution is -0.145. The highest BCUT2D eigenvalue weighted by molar-refractivity contribution is 7.85. The summed E-state index contributed by atoms with van der Waals surface area (Å²) in [6, 6.07) is -0.600. The number of aliphatic carboxylic acids is 1. The van der Waals surface area contributed by atoms with Crippen molar-refractivity contribution in [3.8, 4) is 0 Å². The lowest BCUT2D eigenvalue weighted by Gasteiger charge is -2.30. The van der Waals surface area contributed by atoms with Crippen LogP contribution in [0.4, 0.5) is 0 Å². The lowest BCUT2D eigenvalue weighted by atomic mass is 10.2. The molecule has 0 saturated carbocycles. The molecule has 0 aromatic carbocycles. The maximum atomic E-state index is 11.1. The Bertz CT molecular complexity index is 223. The summed E-state index contributed by atoms with van der Waals surface area (Å²) >= 11 is 0. The molecule has 1 heterocycles. The number of carbonyl (C=O) groups is 1. The highest BCUT2D eigenvalue weighted by atomic mass is 32.2. The SMILES string of the molecule is COCC(C(=O)O)N1CCS(=O)CC1. The molecule has 1 rings (SSSR count). The van der Waals surface area contributed by atoms with Crippen molar-refractivity contribution in [2.75, 3.05) is 38.3 Å². The summed E-state index contributed by atoms with van der Waals surface area (Å²) in [4.78, 5) is 12.7. The molecule has 1 atom stereocenters. The van der Waals surface area contributed by atoms with Gasteiger partial charge in [-0.2, -0.15) is 0 Å². The summed E-state index contributed by atoms with van der Waals surface area (Å²) < 4.78 is 15.9. The molecule has 1 aliphatic rings. The van der Waals surface area contributed by atoms with Crippen LogP contribution in [0.1, 0.15) is 0 Å². The lowest BCUT2D eigenvalue weighted by Crippen LogP contribution is -2.50. The Balaban J connectivity index is 2.51. The zero-order chi connectivity index (χ0) is 10.6. The summed E-state index contributed by atoms with van der Waals surface area (Å²) in [6.07, 6.45) is 0. The van der Waals surface area contributed by atoms with Gasteiger partial charge in [0.15, 0.2) is 0 Å². The molecule has 5 nitrogen and oxygen atoms in total. The zero-order valence-corrected chi connectivity index (χ0v) is 8.96. The third-order valence-electron chi connectivity index (χ3n) is 2.26. The molecule has 0 aromatic heterocycles. The van der Waals surface area contributed by atoms with E-state index in [0.717, 1.165) is 0 Å². The first kappa shape index (κ1) is 11.6. The minimum atomic E-state index is -0.875. The standard InChI is InChI=1S/C8H15NO4S/c1-13-6-7(8(10)11)9-2-4-14(12)5-3-9/h7H,2-6H2,1H3,(H,10,11). The zero-order valence-electron chi connectivity index (χ0n) is 8.14. The van der Waals surface area contributed by atoms with Crippen LogP contribution in [0.5, 0.6) is 0 Å². The molecule has 0 radical (unpaired) electrons. The molecule has 0 aromatic rings. The van der Waals surface area contributed by atoms with Crippen molar-refractivity contribution in [3.05, 3.63) is 0 Å². The second-order valence-electron chi connectivity index (χ2n) is 3.19. The van der Waals surface area contributed by atoms with Crippen LogP contribution < -0.4 is 0 Å². The fourth-order valence-electron chi connectivity index (χ4n) is 1.45. The molecular weight excluding hydrogens is 206 g/mol. The van der Waals surface area contributed by atoms with Crippen molar-refractivity contribution in [2.45, 2.75) is 6.04 Å². The second-order valence-corrected chi connectivity index (χ2v) is 4.89. The molecule has 6 heteroatoms. The maximum absolute atomic E-state index is 11.1. The van der Waals surface area contributed by atoms with Crippen LogP contribution in [0.2, 0.25) is 0 Å². The molecule has 0 bridgehead atoms. The van der Waals surface area contributed by atoms with Gasteiger partial charge in [0.2, 0.25) is 0 Å². The molecule has 0 aliphatic carbocycles. The largest absolute Gasteiger partial charge is 0.480 e. The molecule has 1 aliphatic heterocycles. The van der Waals surface area contributed by atoms with Gasteiger partial charge >= 0.3 is 5.97 Å². The quantitative estimate of drug-likeness (QED) is 0.670. The predicted octanol–water partition coefficient (Wildman–Crippen LogP) is -0.850. The van der Waals surface area contributed by atoms with E-state index in [1.807, 2.05) is 4.90 Å². The Labute approximate surface area is 85.5 Å². The number of hydrogen-bond acceptors (Lipinski definition) is 4. The van der Waals surface area contributed by atoms with Crippen LogP contribution in [0.3, 0.4) is 0 Å². The highest BCUT2D eigenvalue weighted by Gasteiger charge is 2.28. The number of ether oxygens (including phenoxy) is 1. The first-order valence-electron chi connectivity index (χ1n) is 4.46. The summed E-state index contributed by atoms with van der Waals surface area (Å²) in [5, 5.41) is 8.92. The topological polar surface area (TPSA) is 66.8 Å². The Hall–Kier alpha value is -0.460. The van der Waals surface area contributed by atoms with Gasteiger partial charge in [0.05, 0.1) is 6.61 Å². The van der Waals surface area contributed by atoms with Crippen LogP contribution in [0, 0.1) is 0 Å². The predicted molar refractivity (Wildman–Crippen MR) is 52.7 cm³/mol. The van der Waals surface area contributed by atoms with E-state index in [2.05, 4.69) is 0 Å². The molecule has 0 amide bonds. The number of hydrogen-bond donors (Lipinski definition) is 1. The first-order chi connectivity index (χ1) is 6.65. The smallest absolute Gasteiger partial charge is 0.323 e. The van der Waals surface area contributed by atoms with Gasteiger partial charge in [-0.1, -0.05) is 0 Å². The van der Waals surface area contributed by atoms with Crippen molar-refractivity contribution in [2.24, 2.45) is 0 Å². The van der Waals surface area contributed by atoms with E-state index in [1.165, 1.54) is 7.11 Å². The van der Waals surface area contributed by atoms with Gasteiger partial charge < -0.3 is 9.84 Å². The van der Waals surface area contributed by atoms with Gasteiger partial charge in [-0.25, -0.2) is 0 Å². The van der Waals surface area contributed by atoms with E-state index < -0.39 is 22.8 Å². The third kappa shape index (κ3) is 3.04. The van der Waals surface area contributed by atoms with Gasteiger partial charge in [-0.15, -0.1) is 0 Å². The van der Waals surface area contributed by atoms with Crippen molar-refractivity contribution < 1.29 is 18.8 Å². The van der Waals surface area contributed by atoms with E-state index in [-0.39, 0.29) is 6.61 Å². The van der Waals surface area contributed by atoms with Gasteiger partial charge in [0.25, 0.3) is 0 Å². The van der Waals surface area contributed by atoms with E-state index in [9.17, 15) is 9.00 Å². The molecule has 1 unspecified atom stereocenters. The summed E-state index contributed by atoms with van der Waals surface area (Å²) in [5.74, 6) is 0.251. The summed E-state index contributed by atoms with van der Waals surface area (Å²) in [7, 11) is 0.714. The monoisotopic (exact) mass is 221 g/mol. The van der Waals surface area contributed by atoms with Gasteiger partial charge in [-0.3, -0.25) is 13.9 Å². The average Bonchev–Trinajstić information content (AvgIpc) is 2.15. The average molecular weight is 221 g/mol. The van der Waals surface area contributed by atoms with Gasteiger partial charge in [0.1, 0.15) is 6.04 Å². The summed E-state index contributed by atoms with van der Waals surface area (Å²) in [6.45, 7) is 1.34. The van der Waals surface area contributed by atoms with Crippen LogP contribution in [-0.4, -0.2) is 64.5 Å². The molecular formula is C8H15NO4S. The van der Waals surface area contributed by atoms with E-state index in [4.69, 9.17) is 9.84 Å². The third-order valence-corrected chi connectivity index (χ3v) is 3.54. The fraction of sp³-hybridized carbons (Fsp3) is 0.875. The van der Waals surface area contributed by atoms with E-state index >= 15 is 0 Å². The summed E-state index contributed by atoms with van der Waals surface area (Å²) in [5.41, 5.74) is 0. The molecule has 0 spiro atoms. The second kappa shape index (κ2) is 5.43. The van der Waals surface area contributed by atoms with Crippen molar-refractivity contribution in [1.29, 1.82) is 0 Å². The van der Waals surface area contributed by atoms with E-state index in [0.29, 0.717) is 24.6 Å². The Kier molecular flexibility index (Phi) is 4.50. The normalized spacial score (nSPS) is 22.1. The minimum Gasteiger partial charge on any atom is -0.480 e. The molecule has 82 valence electrons. The number of rotatable bonds is 4. The Morgan fingerprint density at radius 3 is 2.57 bits per heavy atom. The van der Waals surface area contributed by atoms with Gasteiger partial charge in [0, 0.05) is 42.5 Å². The molecule has 1 fully saturated rings. The minimum absolute atomic E-state index is 0.183. The van der Waals surface area contributed by atoms with Crippen LogP contribution in [-0.2, 0) is 20.3 Å². The van der Waals surface area contributed by atoms with Crippen molar-refractivity contribution in [1.82, 2.24) is 4.90 Å². The first-order valence-corrected chi connectivity index (χ1v) is 5.94. The Morgan fingerprint density at radius 2 is 2.14 bits per heavy atom. The molecule has 14 heavy (non-hydrogen) atoms. The number of carboxylic acid groups (broad SMARTS) is 1. The fourth-order valence-corrected chi connectivity index (χ4v) is 2.53. The molecule has 1 saturated heterocycles. The van der Waals surface area contributed by atoms with Crippen LogP contribution in [0.15, 0.2) is 0 Å². The maximum Gasteiger partial charge on any atom is 0.323 e. The Morgan fingerprint density at radius 1 is 1.57 bits per heavy atom. The van der Waals surface area contributed by atoms with Gasteiger partial charge in [-0.05, 0) is 0 Å². The van der Waals surface area contributed by atoms with Crippen LogP contribution in [0.25, 0.3) is 0 Å². The van der Waals surface area contributed by atoms with Crippen molar-refractivity contribution >= 4 is 16.8 Å². The number of nitrogens with zero attached hydrogens (tertiary/aromatic N) is 1. The van der Waals surface area contributed by atoms with Crippen molar-refractivity contribution in [3.63, 3.8) is 0 Å². The van der Waals surface area contributed by atoms with E-state index in [1.54, 1.807) is 0 Å². The highest BCUT2D eigenvalue weighted by Crippen LogP contribution is 2.06. The number of carboxylic acids is 1. The molecule has 1 N–H and O–H groups in total. The van der Waals surface area contributed by atoms with Crippen LogP contribution >= 0.6 is 0 Å².